The molecule has 0 spiro atoms. The molecule has 0 aromatic heterocycles. The van der Waals surface area contributed by atoms with Gasteiger partial charge in [-0.3, -0.25) is 0 Å². The van der Waals surface area contributed by atoms with Gasteiger partial charge in [0.1, 0.15) is 0 Å². The van der Waals surface area contributed by atoms with Crippen molar-refractivity contribution in [1.29, 1.82) is 0 Å². The first-order valence-corrected chi connectivity index (χ1v) is 9.30. The summed E-state index contributed by atoms with van der Waals surface area (Å²) < 4.78 is 7.98. The maximum atomic E-state index is 5.62. The molecule has 1 unspecified atom stereocenters. The van der Waals surface area contributed by atoms with Crippen molar-refractivity contribution < 1.29 is 4.74 Å². The molecule has 24 heavy (non-hydrogen) atoms. The summed E-state index contributed by atoms with van der Waals surface area (Å²) in [6, 6.07) is 19.2. The second kappa shape index (κ2) is 7.97. The third-order valence-corrected chi connectivity index (χ3v) is 5.37. The van der Waals surface area contributed by atoms with Crippen molar-refractivity contribution in [3.63, 3.8) is 0 Å². The van der Waals surface area contributed by atoms with E-state index in [9.17, 15) is 0 Å². The Bertz CT molecular complexity index is 725. The van der Waals surface area contributed by atoms with Gasteiger partial charge in [0.15, 0.2) is 5.05 Å². The fraction of sp³-hybridized carbons (Fsp3) is 0.250. The number of hydrogen-bond acceptors (Lipinski definition) is 4. The van der Waals surface area contributed by atoms with E-state index in [0.29, 0.717) is 11.7 Å². The quantitative estimate of drug-likeness (QED) is 0.529. The molecule has 2 aromatic carbocycles. The Morgan fingerprint density at radius 2 is 1.88 bits per heavy atom. The molecule has 1 aliphatic rings. The highest BCUT2D eigenvalue weighted by Gasteiger charge is 2.32. The Balaban J connectivity index is 1.86. The monoisotopic (exact) mass is 355 g/mol. The molecule has 0 saturated carbocycles. The number of hydrogen-bond donors (Lipinski definition) is 0. The number of benzene rings is 2. The zero-order chi connectivity index (χ0) is 16.9. The summed E-state index contributed by atoms with van der Waals surface area (Å²) >= 11 is 7.27. The molecule has 2 nitrogen and oxygen atoms in total. The average molecular weight is 356 g/mol. The van der Waals surface area contributed by atoms with Crippen LogP contribution in [0, 0.1) is 6.92 Å². The maximum Gasteiger partial charge on any atom is 0.188 e. The first-order chi connectivity index (χ1) is 11.7. The van der Waals surface area contributed by atoms with Crippen LogP contribution in [0.1, 0.15) is 24.1 Å². The molecule has 0 bridgehead atoms. The number of rotatable bonds is 5. The summed E-state index contributed by atoms with van der Waals surface area (Å²) in [5.74, 6) is 0. The van der Waals surface area contributed by atoms with Crippen LogP contribution in [0.4, 0.5) is 0 Å². The molecule has 0 fully saturated rings. The van der Waals surface area contributed by atoms with Gasteiger partial charge in [-0.15, -0.1) is 0 Å². The lowest BCUT2D eigenvalue weighted by Gasteiger charge is -2.26. The molecule has 0 N–H and O–H groups in total. The second-order valence-electron chi connectivity index (χ2n) is 5.70. The summed E-state index contributed by atoms with van der Waals surface area (Å²) in [5, 5.41) is 0.610. The lowest BCUT2D eigenvalue weighted by atomic mass is 10.0. The molecule has 0 amide bonds. The van der Waals surface area contributed by atoms with Gasteiger partial charge in [-0.05, 0) is 55.7 Å². The van der Waals surface area contributed by atoms with Crippen molar-refractivity contribution in [2.24, 2.45) is 0 Å². The Labute approximate surface area is 153 Å². The molecule has 1 aliphatic heterocycles. The summed E-state index contributed by atoms with van der Waals surface area (Å²) in [4.78, 5) is 1.23. The van der Waals surface area contributed by atoms with Crippen LogP contribution in [0.25, 0.3) is 0 Å². The largest absolute Gasteiger partial charge is 0.483 e. The van der Waals surface area contributed by atoms with E-state index in [1.165, 1.54) is 16.0 Å². The lowest BCUT2D eigenvalue weighted by Crippen LogP contribution is -2.21. The van der Waals surface area contributed by atoms with E-state index in [0.717, 1.165) is 12.1 Å². The van der Waals surface area contributed by atoms with Crippen LogP contribution < -0.4 is 0 Å². The van der Waals surface area contributed by atoms with Crippen LogP contribution in [0.2, 0.25) is 0 Å². The fourth-order valence-corrected chi connectivity index (χ4v) is 4.11. The van der Waals surface area contributed by atoms with Crippen molar-refractivity contribution in [1.82, 2.24) is 4.31 Å². The molecular weight excluding hydrogens is 334 g/mol. The maximum absolute atomic E-state index is 5.62. The Hall–Kier alpha value is -1.62. The topological polar surface area (TPSA) is 12.5 Å². The average Bonchev–Trinajstić information content (AvgIpc) is 3.01. The molecule has 1 heterocycles. The van der Waals surface area contributed by atoms with Gasteiger partial charge in [-0.2, -0.15) is 0 Å². The normalized spacial score (nSPS) is 17.6. The van der Waals surface area contributed by atoms with Crippen LogP contribution in [0.3, 0.4) is 0 Å². The zero-order valence-electron chi connectivity index (χ0n) is 13.9. The van der Waals surface area contributed by atoms with E-state index in [1.807, 2.05) is 13.0 Å². The highest BCUT2D eigenvalue weighted by atomic mass is 32.2. The molecule has 2 aromatic rings. The highest BCUT2D eigenvalue weighted by Crippen LogP contribution is 2.41. The van der Waals surface area contributed by atoms with Gasteiger partial charge < -0.3 is 4.74 Å². The predicted molar refractivity (Wildman–Crippen MR) is 105 cm³/mol. The molecule has 4 heteroatoms. The smallest absolute Gasteiger partial charge is 0.188 e. The van der Waals surface area contributed by atoms with Gasteiger partial charge in [-0.1, -0.05) is 54.1 Å². The van der Waals surface area contributed by atoms with E-state index < -0.39 is 0 Å². The van der Waals surface area contributed by atoms with E-state index in [-0.39, 0.29) is 6.04 Å². The minimum atomic E-state index is 0.122. The molecule has 124 valence electrons. The van der Waals surface area contributed by atoms with Crippen molar-refractivity contribution >= 4 is 29.2 Å². The van der Waals surface area contributed by atoms with Crippen LogP contribution >= 0.6 is 24.2 Å². The molecule has 0 radical (unpaired) electrons. The number of ether oxygens (including phenoxy) is 1. The standard InChI is InChI=1S/C20H21NOS2/c1-3-22-20(23)18-13-14-21(19(18)16-7-5-4-6-8-16)24-17-11-9-15(2)10-12-17/h4-13,19H,3,14H2,1-2H3. The Kier molecular flexibility index (Phi) is 5.72. The minimum absolute atomic E-state index is 0.122. The van der Waals surface area contributed by atoms with Crippen molar-refractivity contribution in [2.75, 3.05) is 13.2 Å². The van der Waals surface area contributed by atoms with Crippen LogP contribution in [-0.4, -0.2) is 22.5 Å². The summed E-state index contributed by atoms with van der Waals surface area (Å²) in [7, 11) is 0. The summed E-state index contributed by atoms with van der Waals surface area (Å²) in [6.07, 6.45) is 2.19. The molecule has 3 rings (SSSR count). The lowest BCUT2D eigenvalue weighted by molar-refractivity contribution is 0.332. The van der Waals surface area contributed by atoms with Crippen LogP contribution in [0.5, 0.6) is 0 Å². The van der Waals surface area contributed by atoms with Crippen molar-refractivity contribution in [2.45, 2.75) is 24.8 Å². The first-order valence-electron chi connectivity index (χ1n) is 8.12. The molecule has 0 saturated heterocycles. The van der Waals surface area contributed by atoms with E-state index in [2.05, 4.69) is 65.8 Å². The minimum Gasteiger partial charge on any atom is -0.483 e. The van der Waals surface area contributed by atoms with Gasteiger partial charge in [0, 0.05) is 17.0 Å². The molecule has 0 aliphatic carbocycles. The van der Waals surface area contributed by atoms with E-state index >= 15 is 0 Å². The third kappa shape index (κ3) is 3.89. The van der Waals surface area contributed by atoms with E-state index in [4.69, 9.17) is 17.0 Å². The van der Waals surface area contributed by atoms with Gasteiger partial charge in [0.05, 0.1) is 12.6 Å². The predicted octanol–water partition coefficient (Wildman–Crippen LogP) is 5.35. The summed E-state index contributed by atoms with van der Waals surface area (Å²) in [5.41, 5.74) is 3.61. The van der Waals surface area contributed by atoms with Gasteiger partial charge in [-0.25, -0.2) is 4.31 Å². The Morgan fingerprint density at radius 1 is 1.17 bits per heavy atom. The van der Waals surface area contributed by atoms with Crippen LogP contribution in [0.15, 0.2) is 71.1 Å². The van der Waals surface area contributed by atoms with Crippen molar-refractivity contribution in [3.8, 4) is 0 Å². The molecular formula is C20H21NOS2. The highest BCUT2D eigenvalue weighted by molar-refractivity contribution is 7.97. The van der Waals surface area contributed by atoms with E-state index in [1.54, 1.807) is 11.9 Å². The number of thiocarbonyl (C=S) groups is 1. The van der Waals surface area contributed by atoms with Crippen LogP contribution in [-0.2, 0) is 4.74 Å². The third-order valence-electron chi connectivity index (χ3n) is 3.94. The zero-order valence-corrected chi connectivity index (χ0v) is 15.6. The van der Waals surface area contributed by atoms with Gasteiger partial charge in [0.2, 0.25) is 0 Å². The van der Waals surface area contributed by atoms with Gasteiger partial charge >= 0.3 is 0 Å². The second-order valence-corrected chi connectivity index (χ2v) is 7.19. The first kappa shape index (κ1) is 17.2. The van der Waals surface area contributed by atoms with Gasteiger partial charge in [0.25, 0.3) is 0 Å². The SMILES string of the molecule is CCOC(=S)C1=CCN(Sc2ccc(C)cc2)C1c1ccccc1. The fourth-order valence-electron chi connectivity index (χ4n) is 2.78. The number of nitrogens with zero attached hydrogens (tertiary/aromatic N) is 1. The number of aryl methyl sites for hydroxylation is 1. The Morgan fingerprint density at radius 3 is 2.54 bits per heavy atom. The summed E-state index contributed by atoms with van der Waals surface area (Å²) in [6.45, 7) is 5.53. The molecule has 1 atom stereocenters. The van der Waals surface area contributed by atoms with Crippen molar-refractivity contribution in [3.05, 3.63) is 77.4 Å².